The molecule has 30 heavy (non-hydrogen) atoms. The highest BCUT2D eigenvalue weighted by Gasteiger charge is 2.50. The molecule has 1 unspecified atom stereocenters. The lowest BCUT2D eigenvalue weighted by Crippen LogP contribution is -2.40. The Kier molecular flexibility index (Phi) is 6.24. The van der Waals surface area contributed by atoms with Crippen molar-refractivity contribution in [2.45, 2.75) is 25.9 Å². The summed E-state index contributed by atoms with van der Waals surface area (Å²) in [5.74, 6) is 0.340. The van der Waals surface area contributed by atoms with Crippen molar-refractivity contribution in [1.82, 2.24) is 14.5 Å². The van der Waals surface area contributed by atoms with Gasteiger partial charge in [-0.1, -0.05) is 12.1 Å². The van der Waals surface area contributed by atoms with Gasteiger partial charge in [-0.3, -0.25) is 9.69 Å². The van der Waals surface area contributed by atoms with Gasteiger partial charge in [-0.25, -0.2) is 4.98 Å². The lowest BCUT2D eigenvalue weighted by molar-refractivity contribution is -0.147. The molecule has 1 N–H and O–H groups in total. The molecule has 0 saturated carbocycles. The average Bonchev–Trinajstić information content (AvgIpc) is 3.38. The number of rotatable bonds is 8. The third-order valence-electron chi connectivity index (χ3n) is 6.33. The first kappa shape index (κ1) is 20.7. The average molecular weight is 415 g/mol. The van der Waals surface area contributed by atoms with Crippen molar-refractivity contribution in [2.75, 3.05) is 40.0 Å². The normalized spacial score (nSPS) is 21.0. The maximum absolute atomic E-state index is 12.0. The van der Waals surface area contributed by atoms with Crippen LogP contribution in [0.2, 0.25) is 0 Å². The number of aliphatic carboxylic acids is 1. The van der Waals surface area contributed by atoms with E-state index in [9.17, 15) is 9.90 Å². The van der Waals surface area contributed by atoms with E-state index in [1.54, 1.807) is 19.6 Å². The number of imidazole rings is 1. The zero-order chi connectivity index (χ0) is 21.0. The van der Waals surface area contributed by atoms with Crippen molar-refractivity contribution >= 4 is 5.97 Å². The maximum Gasteiger partial charge on any atom is 0.308 e. The van der Waals surface area contributed by atoms with Crippen molar-refractivity contribution in [3.63, 3.8) is 0 Å². The molecule has 0 amide bonds. The summed E-state index contributed by atoms with van der Waals surface area (Å²) in [5.41, 5.74) is 0.805. The van der Waals surface area contributed by atoms with E-state index in [0.29, 0.717) is 45.2 Å². The molecule has 2 fully saturated rings. The largest absolute Gasteiger partial charge is 0.493 e. The molecule has 0 aliphatic carbocycles. The summed E-state index contributed by atoms with van der Waals surface area (Å²) in [6.07, 6.45) is 7.00. The molecular weight excluding hydrogens is 386 g/mol. The Morgan fingerprint density at radius 2 is 2.20 bits per heavy atom. The smallest absolute Gasteiger partial charge is 0.308 e. The molecule has 2 aliphatic rings. The molecule has 1 aromatic carbocycles. The Morgan fingerprint density at radius 1 is 1.37 bits per heavy atom. The van der Waals surface area contributed by atoms with Crippen LogP contribution in [0.3, 0.4) is 0 Å². The van der Waals surface area contributed by atoms with E-state index in [1.165, 1.54) is 0 Å². The molecule has 8 nitrogen and oxygen atoms in total. The number of likely N-dealkylation sites (tertiary alicyclic amines) is 1. The second kappa shape index (κ2) is 9.06. The predicted octanol–water partition coefficient (Wildman–Crippen LogP) is 2.28. The highest BCUT2D eigenvalue weighted by molar-refractivity contribution is 5.72. The molecule has 1 atom stereocenters. The van der Waals surface area contributed by atoms with Gasteiger partial charge in [-0.2, -0.15) is 0 Å². The van der Waals surface area contributed by atoms with Crippen LogP contribution in [-0.2, 0) is 22.6 Å². The van der Waals surface area contributed by atoms with Gasteiger partial charge in [0.15, 0.2) is 11.5 Å². The fourth-order valence-corrected chi connectivity index (χ4v) is 4.74. The van der Waals surface area contributed by atoms with Crippen LogP contribution in [0.25, 0.3) is 0 Å². The van der Waals surface area contributed by atoms with Crippen molar-refractivity contribution in [3.05, 3.63) is 42.5 Å². The summed E-state index contributed by atoms with van der Waals surface area (Å²) < 4.78 is 19.1. The van der Waals surface area contributed by atoms with Crippen LogP contribution in [0.5, 0.6) is 11.5 Å². The molecule has 162 valence electrons. The van der Waals surface area contributed by atoms with Gasteiger partial charge >= 0.3 is 5.97 Å². The summed E-state index contributed by atoms with van der Waals surface area (Å²) in [4.78, 5) is 18.3. The summed E-state index contributed by atoms with van der Waals surface area (Å²) >= 11 is 0. The monoisotopic (exact) mass is 415 g/mol. The lowest BCUT2D eigenvalue weighted by atomic mass is 9.72. The molecule has 1 aromatic heterocycles. The summed E-state index contributed by atoms with van der Waals surface area (Å²) in [5, 5.41) is 9.84. The number of hydrogen-bond acceptors (Lipinski definition) is 6. The first-order valence-corrected chi connectivity index (χ1v) is 10.4. The topological polar surface area (TPSA) is 86.0 Å². The van der Waals surface area contributed by atoms with E-state index >= 15 is 0 Å². The third-order valence-corrected chi connectivity index (χ3v) is 6.33. The van der Waals surface area contributed by atoms with Crippen LogP contribution in [-0.4, -0.2) is 65.5 Å². The lowest BCUT2D eigenvalue weighted by Gasteiger charge is -2.36. The number of hydrogen-bond donors (Lipinski definition) is 1. The Morgan fingerprint density at radius 3 is 2.90 bits per heavy atom. The SMILES string of the molecule is COc1cccc(CN2CC(C(=O)O)C3(CCOCC3)C2)c1OCCn1ccnc1. The molecule has 2 aliphatic heterocycles. The maximum atomic E-state index is 12.0. The molecule has 3 heterocycles. The van der Waals surface area contributed by atoms with E-state index in [-0.39, 0.29) is 11.3 Å². The molecule has 1 spiro atoms. The Balaban J connectivity index is 1.49. The van der Waals surface area contributed by atoms with Gasteiger partial charge in [0, 0.05) is 56.2 Å². The van der Waals surface area contributed by atoms with E-state index in [4.69, 9.17) is 14.2 Å². The van der Waals surface area contributed by atoms with Crippen molar-refractivity contribution in [2.24, 2.45) is 11.3 Å². The van der Waals surface area contributed by atoms with E-state index in [2.05, 4.69) is 9.88 Å². The summed E-state index contributed by atoms with van der Waals surface area (Å²) in [6.45, 7) is 4.39. The minimum absolute atomic E-state index is 0.203. The van der Waals surface area contributed by atoms with Crippen LogP contribution < -0.4 is 9.47 Å². The third kappa shape index (κ3) is 4.29. The number of carboxylic acid groups (broad SMARTS) is 1. The number of carbonyl (C=O) groups is 1. The van der Waals surface area contributed by atoms with Gasteiger partial charge < -0.3 is 23.9 Å². The van der Waals surface area contributed by atoms with E-state index < -0.39 is 5.97 Å². The number of carboxylic acids is 1. The van der Waals surface area contributed by atoms with Gasteiger partial charge in [0.2, 0.25) is 0 Å². The van der Waals surface area contributed by atoms with Crippen molar-refractivity contribution in [3.8, 4) is 11.5 Å². The number of benzene rings is 1. The standard InChI is InChI=1S/C22H29N3O5/c1-28-19-4-2-3-17(20(19)30-12-9-24-8-7-23-16-24)13-25-14-18(21(26)27)22(15-25)5-10-29-11-6-22/h2-4,7-8,16,18H,5-6,9-15H2,1H3,(H,26,27). The summed E-state index contributed by atoms with van der Waals surface area (Å²) in [7, 11) is 1.63. The molecule has 0 radical (unpaired) electrons. The summed E-state index contributed by atoms with van der Waals surface area (Å²) in [6, 6.07) is 5.87. The molecular formula is C22H29N3O5. The number of methoxy groups -OCH3 is 1. The molecule has 0 bridgehead atoms. The van der Waals surface area contributed by atoms with Gasteiger partial charge in [0.1, 0.15) is 6.61 Å². The van der Waals surface area contributed by atoms with Crippen LogP contribution in [0.1, 0.15) is 18.4 Å². The fourth-order valence-electron chi connectivity index (χ4n) is 4.74. The van der Waals surface area contributed by atoms with Gasteiger partial charge in [-0.15, -0.1) is 0 Å². The van der Waals surface area contributed by atoms with Gasteiger partial charge in [-0.05, 0) is 18.9 Å². The van der Waals surface area contributed by atoms with Crippen LogP contribution in [0, 0.1) is 11.3 Å². The number of nitrogens with zero attached hydrogens (tertiary/aromatic N) is 3. The van der Waals surface area contributed by atoms with Crippen molar-refractivity contribution in [1.29, 1.82) is 0 Å². The zero-order valence-electron chi connectivity index (χ0n) is 17.3. The Hall–Kier alpha value is -2.58. The quantitative estimate of drug-likeness (QED) is 0.708. The second-order valence-corrected chi connectivity index (χ2v) is 8.13. The minimum Gasteiger partial charge on any atom is -0.493 e. The second-order valence-electron chi connectivity index (χ2n) is 8.13. The highest BCUT2D eigenvalue weighted by atomic mass is 16.5. The number of ether oxygens (including phenoxy) is 3. The minimum atomic E-state index is -0.707. The fraction of sp³-hybridized carbons (Fsp3) is 0.545. The number of aromatic nitrogens is 2. The zero-order valence-corrected chi connectivity index (χ0v) is 17.3. The Labute approximate surface area is 176 Å². The van der Waals surface area contributed by atoms with Gasteiger partial charge in [0.25, 0.3) is 0 Å². The molecule has 4 rings (SSSR count). The molecule has 2 saturated heterocycles. The van der Waals surface area contributed by atoms with E-state index in [0.717, 1.165) is 30.7 Å². The first-order valence-electron chi connectivity index (χ1n) is 10.4. The predicted molar refractivity (Wildman–Crippen MR) is 110 cm³/mol. The van der Waals surface area contributed by atoms with Gasteiger partial charge in [0.05, 0.1) is 25.9 Å². The van der Waals surface area contributed by atoms with Crippen LogP contribution in [0.15, 0.2) is 36.9 Å². The first-order chi connectivity index (χ1) is 14.6. The van der Waals surface area contributed by atoms with E-state index in [1.807, 2.05) is 29.0 Å². The van der Waals surface area contributed by atoms with Crippen molar-refractivity contribution < 1.29 is 24.1 Å². The molecule has 8 heteroatoms. The number of para-hydroxylation sites is 1. The van der Waals surface area contributed by atoms with Crippen LogP contribution >= 0.6 is 0 Å². The Bertz CT molecular complexity index is 848. The van der Waals surface area contributed by atoms with Crippen LogP contribution in [0.4, 0.5) is 0 Å². The highest BCUT2D eigenvalue weighted by Crippen LogP contribution is 2.45. The molecule has 2 aromatic rings.